The summed E-state index contributed by atoms with van der Waals surface area (Å²) in [6, 6.07) is 5.37. The van der Waals surface area contributed by atoms with Crippen molar-refractivity contribution in [3.63, 3.8) is 0 Å². The first kappa shape index (κ1) is 17.2. The second kappa shape index (κ2) is 7.17. The van der Waals surface area contributed by atoms with E-state index in [1.54, 1.807) is 0 Å². The van der Waals surface area contributed by atoms with Crippen LogP contribution in [0.25, 0.3) is 0 Å². The Labute approximate surface area is 153 Å². The Kier molecular flexibility index (Phi) is 4.74. The van der Waals surface area contributed by atoms with Crippen LogP contribution in [0.2, 0.25) is 0 Å². The molecule has 1 aliphatic heterocycles. The van der Waals surface area contributed by atoms with Crippen LogP contribution in [0.15, 0.2) is 18.2 Å². The summed E-state index contributed by atoms with van der Waals surface area (Å²) in [7, 11) is 0. The number of ether oxygens (including phenoxy) is 3. The van der Waals surface area contributed by atoms with E-state index in [1.165, 1.54) is 19.3 Å². The average Bonchev–Trinajstić information content (AvgIpc) is 3.35. The number of nitrogens with one attached hydrogen (secondary N) is 1. The summed E-state index contributed by atoms with van der Waals surface area (Å²) in [4.78, 5) is 24.1. The lowest BCUT2D eigenvalue weighted by molar-refractivity contribution is -0.150. The SMILES string of the molecule is CC(NC(=O)COC(=O)CC1CC2CCC1C2)c1ccc2c(c1)OCO2. The van der Waals surface area contributed by atoms with E-state index >= 15 is 0 Å². The Hall–Kier alpha value is -2.24. The van der Waals surface area contributed by atoms with E-state index in [0.29, 0.717) is 29.8 Å². The van der Waals surface area contributed by atoms with Crippen molar-refractivity contribution in [1.82, 2.24) is 5.32 Å². The van der Waals surface area contributed by atoms with E-state index < -0.39 is 0 Å². The molecule has 2 aliphatic carbocycles. The van der Waals surface area contributed by atoms with E-state index in [0.717, 1.165) is 17.9 Å². The van der Waals surface area contributed by atoms with Crippen LogP contribution in [-0.4, -0.2) is 25.3 Å². The molecular formula is C20H25NO5. The van der Waals surface area contributed by atoms with Crippen LogP contribution >= 0.6 is 0 Å². The molecule has 4 rings (SSSR count). The van der Waals surface area contributed by atoms with Gasteiger partial charge >= 0.3 is 5.97 Å². The fourth-order valence-electron chi connectivity index (χ4n) is 4.59. The lowest BCUT2D eigenvalue weighted by Gasteiger charge is -2.20. The summed E-state index contributed by atoms with van der Waals surface area (Å²) in [5, 5.41) is 2.85. The number of esters is 1. The second-order valence-corrected chi connectivity index (χ2v) is 7.70. The molecule has 6 nitrogen and oxygen atoms in total. The Morgan fingerprint density at radius 3 is 2.85 bits per heavy atom. The molecule has 4 unspecified atom stereocenters. The first-order valence-corrected chi connectivity index (χ1v) is 9.43. The zero-order chi connectivity index (χ0) is 18.1. The molecule has 0 radical (unpaired) electrons. The van der Waals surface area contributed by atoms with Crippen molar-refractivity contribution in [2.75, 3.05) is 13.4 Å². The summed E-state index contributed by atoms with van der Waals surface area (Å²) in [6.07, 6.45) is 5.43. The lowest BCUT2D eigenvalue weighted by Crippen LogP contribution is -2.31. The molecule has 2 bridgehead atoms. The molecule has 0 saturated heterocycles. The standard InChI is InChI=1S/C20H25NO5/c1-12(14-4-5-17-18(8-14)26-11-25-17)21-19(22)10-24-20(23)9-16-7-13-2-3-15(16)6-13/h4-5,8,12-13,15-16H,2-3,6-7,9-11H2,1H3,(H,21,22). The van der Waals surface area contributed by atoms with Crippen molar-refractivity contribution in [3.05, 3.63) is 23.8 Å². The Morgan fingerprint density at radius 1 is 1.23 bits per heavy atom. The number of hydrogen-bond acceptors (Lipinski definition) is 5. The zero-order valence-electron chi connectivity index (χ0n) is 15.0. The predicted octanol–water partition coefficient (Wildman–Crippen LogP) is 2.96. The summed E-state index contributed by atoms with van der Waals surface area (Å²) >= 11 is 0. The molecule has 0 spiro atoms. The van der Waals surface area contributed by atoms with E-state index in [-0.39, 0.29) is 31.3 Å². The van der Waals surface area contributed by atoms with E-state index in [1.807, 2.05) is 25.1 Å². The van der Waals surface area contributed by atoms with Gasteiger partial charge < -0.3 is 19.5 Å². The lowest BCUT2D eigenvalue weighted by atomic mass is 9.86. The van der Waals surface area contributed by atoms with Crippen molar-refractivity contribution in [2.24, 2.45) is 17.8 Å². The maximum Gasteiger partial charge on any atom is 0.306 e. The van der Waals surface area contributed by atoms with Crippen molar-refractivity contribution >= 4 is 11.9 Å². The van der Waals surface area contributed by atoms with Gasteiger partial charge in [-0.2, -0.15) is 0 Å². The molecule has 2 fully saturated rings. The highest BCUT2D eigenvalue weighted by Gasteiger charge is 2.40. The van der Waals surface area contributed by atoms with Crippen molar-refractivity contribution in [3.8, 4) is 11.5 Å². The minimum atomic E-state index is -0.295. The van der Waals surface area contributed by atoms with Gasteiger partial charge in [-0.15, -0.1) is 0 Å². The molecule has 4 atom stereocenters. The quantitative estimate of drug-likeness (QED) is 0.791. The van der Waals surface area contributed by atoms with Gasteiger partial charge in [0, 0.05) is 6.42 Å². The first-order valence-electron chi connectivity index (χ1n) is 9.43. The van der Waals surface area contributed by atoms with Crippen LogP contribution in [-0.2, 0) is 14.3 Å². The number of carbonyl (C=O) groups is 2. The number of rotatable bonds is 6. The molecule has 2 saturated carbocycles. The molecule has 1 aromatic carbocycles. The molecular weight excluding hydrogens is 334 g/mol. The largest absolute Gasteiger partial charge is 0.456 e. The fourth-order valence-corrected chi connectivity index (χ4v) is 4.59. The highest BCUT2D eigenvalue weighted by atomic mass is 16.7. The topological polar surface area (TPSA) is 73.9 Å². The number of fused-ring (bicyclic) bond motifs is 3. The van der Waals surface area contributed by atoms with Crippen LogP contribution in [0.5, 0.6) is 11.5 Å². The molecule has 140 valence electrons. The number of amides is 1. The third-order valence-corrected chi connectivity index (χ3v) is 5.95. The molecule has 26 heavy (non-hydrogen) atoms. The fraction of sp³-hybridized carbons (Fsp3) is 0.600. The molecule has 6 heteroatoms. The van der Waals surface area contributed by atoms with Gasteiger partial charge in [0.1, 0.15) is 0 Å². The van der Waals surface area contributed by atoms with Gasteiger partial charge in [-0.05, 0) is 61.6 Å². The maximum absolute atomic E-state index is 12.1. The monoisotopic (exact) mass is 359 g/mol. The van der Waals surface area contributed by atoms with Crippen molar-refractivity contribution in [2.45, 2.75) is 45.1 Å². The summed E-state index contributed by atoms with van der Waals surface area (Å²) < 4.78 is 15.8. The van der Waals surface area contributed by atoms with Crippen molar-refractivity contribution in [1.29, 1.82) is 0 Å². The van der Waals surface area contributed by atoms with Crippen LogP contribution in [0.1, 0.15) is 50.6 Å². The van der Waals surface area contributed by atoms with Gasteiger partial charge in [-0.3, -0.25) is 9.59 Å². The smallest absolute Gasteiger partial charge is 0.306 e. The number of hydrogen-bond donors (Lipinski definition) is 1. The third-order valence-electron chi connectivity index (χ3n) is 5.95. The summed E-state index contributed by atoms with van der Waals surface area (Å²) in [6.45, 7) is 1.87. The van der Waals surface area contributed by atoms with Gasteiger partial charge in [0.15, 0.2) is 18.1 Å². The molecule has 1 heterocycles. The van der Waals surface area contributed by atoms with Gasteiger partial charge in [0.25, 0.3) is 5.91 Å². The van der Waals surface area contributed by atoms with Crippen LogP contribution in [0.4, 0.5) is 0 Å². The van der Waals surface area contributed by atoms with E-state index in [9.17, 15) is 9.59 Å². The number of benzene rings is 1. The molecule has 3 aliphatic rings. The zero-order valence-corrected chi connectivity index (χ0v) is 15.0. The molecule has 0 aromatic heterocycles. The highest BCUT2D eigenvalue weighted by molar-refractivity contribution is 5.81. The second-order valence-electron chi connectivity index (χ2n) is 7.70. The Balaban J connectivity index is 1.21. The van der Waals surface area contributed by atoms with Crippen molar-refractivity contribution < 1.29 is 23.8 Å². The van der Waals surface area contributed by atoms with Gasteiger partial charge in [0.05, 0.1) is 6.04 Å². The molecule has 1 amide bonds. The van der Waals surface area contributed by atoms with Crippen LogP contribution in [0, 0.1) is 17.8 Å². The van der Waals surface area contributed by atoms with E-state index in [2.05, 4.69) is 5.32 Å². The average molecular weight is 359 g/mol. The van der Waals surface area contributed by atoms with Gasteiger partial charge in [0.2, 0.25) is 6.79 Å². The van der Waals surface area contributed by atoms with Gasteiger partial charge in [-0.25, -0.2) is 0 Å². The number of carbonyl (C=O) groups excluding carboxylic acids is 2. The molecule has 1 N–H and O–H groups in total. The van der Waals surface area contributed by atoms with Crippen LogP contribution in [0.3, 0.4) is 0 Å². The minimum Gasteiger partial charge on any atom is -0.456 e. The minimum absolute atomic E-state index is 0.207. The van der Waals surface area contributed by atoms with E-state index in [4.69, 9.17) is 14.2 Å². The summed E-state index contributed by atoms with van der Waals surface area (Å²) in [5.41, 5.74) is 0.913. The summed E-state index contributed by atoms with van der Waals surface area (Å²) in [5.74, 6) is 2.79. The van der Waals surface area contributed by atoms with Gasteiger partial charge in [-0.1, -0.05) is 12.5 Å². The highest BCUT2D eigenvalue weighted by Crippen LogP contribution is 2.49. The third kappa shape index (κ3) is 3.64. The molecule has 1 aromatic rings. The maximum atomic E-state index is 12.1. The Morgan fingerprint density at radius 2 is 2.08 bits per heavy atom. The van der Waals surface area contributed by atoms with Crippen LogP contribution < -0.4 is 14.8 Å². The predicted molar refractivity (Wildman–Crippen MR) is 93.6 cm³/mol. The Bertz CT molecular complexity index is 703. The first-order chi connectivity index (χ1) is 12.6. The normalized spacial score (nSPS) is 26.6.